The first-order valence-corrected chi connectivity index (χ1v) is 6.48. The monoisotopic (exact) mass is 274 g/mol. The summed E-state index contributed by atoms with van der Waals surface area (Å²) < 4.78 is 24.6. The van der Waals surface area contributed by atoms with Gasteiger partial charge >= 0.3 is 0 Å². The molecule has 0 aliphatic carbocycles. The van der Waals surface area contributed by atoms with E-state index in [4.69, 9.17) is 9.47 Å². The molecule has 20 heavy (non-hydrogen) atoms. The van der Waals surface area contributed by atoms with Crippen LogP contribution in [0.25, 0.3) is 0 Å². The molecular formula is C16H15FO3. The number of rotatable bonds is 2. The summed E-state index contributed by atoms with van der Waals surface area (Å²) in [5.41, 5.74) is 1.35. The molecule has 4 heteroatoms. The van der Waals surface area contributed by atoms with Crippen LogP contribution in [0.4, 0.5) is 4.39 Å². The Morgan fingerprint density at radius 2 is 1.95 bits per heavy atom. The van der Waals surface area contributed by atoms with Gasteiger partial charge in [0.25, 0.3) is 0 Å². The van der Waals surface area contributed by atoms with Crippen LogP contribution in [0, 0.1) is 12.7 Å². The van der Waals surface area contributed by atoms with Gasteiger partial charge in [0, 0.05) is 0 Å². The van der Waals surface area contributed by atoms with Gasteiger partial charge in [0.15, 0.2) is 17.6 Å². The van der Waals surface area contributed by atoms with Gasteiger partial charge in [-0.15, -0.1) is 0 Å². The second-order valence-corrected chi connectivity index (χ2v) is 4.86. The number of aliphatic hydroxyl groups is 1. The molecule has 2 atom stereocenters. The third-order valence-corrected chi connectivity index (χ3v) is 3.44. The molecule has 0 saturated heterocycles. The van der Waals surface area contributed by atoms with E-state index in [1.54, 1.807) is 12.1 Å². The summed E-state index contributed by atoms with van der Waals surface area (Å²) in [5, 5.41) is 10.4. The molecule has 0 spiro atoms. The van der Waals surface area contributed by atoms with Gasteiger partial charge in [-0.1, -0.05) is 18.2 Å². The first-order chi connectivity index (χ1) is 9.65. The standard InChI is InChI=1S/C16H15FO3/c1-10-6-7-11(17)8-12(10)16(18)15-9-19-13-4-2-3-5-14(13)20-15/h2-8,15-16,18H,9H2,1H3. The van der Waals surface area contributed by atoms with Crippen molar-refractivity contribution in [3.05, 3.63) is 59.4 Å². The minimum Gasteiger partial charge on any atom is -0.486 e. The predicted molar refractivity (Wildman–Crippen MR) is 72.4 cm³/mol. The molecule has 2 unspecified atom stereocenters. The van der Waals surface area contributed by atoms with Crippen LogP contribution in [-0.4, -0.2) is 17.8 Å². The van der Waals surface area contributed by atoms with Crippen molar-refractivity contribution in [2.24, 2.45) is 0 Å². The second kappa shape index (κ2) is 5.13. The van der Waals surface area contributed by atoms with Crippen molar-refractivity contribution in [2.45, 2.75) is 19.1 Å². The highest BCUT2D eigenvalue weighted by molar-refractivity contribution is 5.41. The quantitative estimate of drug-likeness (QED) is 0.915. The van der Waals surface area contributed by atoms with Crippen LogP contribution < -0.4 is 9.47 Å². The summed E-state index contributed by atoms with van der Waals surface area (Å²) in [7, 11) is 0. The summed E-state index contributed by atoms with van der Waals surface area (Å²) in [5.74, 6) is 0.880. The SMILES string of the molecule is Cc1ccc(F)cc1C(O)C1COc2ccccc2O1. The number of aliphatic hydroxyl groups excluding tert-OH is 1. The summed E-state index contributed by atoms with van der Waals surface area (Å²) in [6.45, 7) is 2.06. The van der Waals surface area contributed by atoms with Crippen LogP contribution in [0.15, 0.2) is 42.5 Å². The Labute approximate surface area is 116 Å². The molecule has 2 aromatic carbocycles. The summed E-state index contributed by atoms with van der Waals surface area (Å²) in [6, 6.07) is 11.6. The molecule has 1 heterocycles. The van der Waals surface area contributed by atoms with Gasteiger partial charge in [-0.05, 0) is 42.3 Å². The Balaban J connectivity index is 1.85. The maximum absolute atomic E-state index is 13.3. The van der Waals surface area contributed by atoms with Gasteiger partial charge in [0.05, 0.1) is 0 Å². The average Bonchev–Trinajstić information content (AvgIpc) is 2.48. The van der Waals surface area contributed by atoms with Crippen molar-refractivity contribution < 1.29 is 19.0 Å². The molecule has 0 radical (unpaired) electrons. The van der Waals surface area contributed by atoms with Crippen LogP contribution in [-0.2, 0) is 0 Å². The maximum Gasteiger partial charge on any atom is 0.163 e. The summed E-state index contributed by atoms with van der Waals surface area (Å²) in [4.78, 5) is 0. The minimum atomic E-state index is -0.931. The lowest BCUT2D eigenvalue weighted by Gasteiger charge is -2.30. The Morgan fingerprint density at radius 1 is 1.20 bits per heavy atom. The lowest BCUT2D eigenvalue weighted by molar-refractivity contribution is -0.0117. The normalized spacial score (nSPS) is 18.6. The number of hydrogen-bond donors (Lipinski definition) is 1. The van der Waals surface area contributed by atoms with Crippen LogP contribution in [0.3, 0.4) is 0 Å². The third-order valence-electron chi connectivity index (χ3n) is 3.44. The van der Waals surface area contributed by atoms with Crippen LogP contribution in [0.2, 0.25) is 0 Å². The fourth-order valence-electron chi connectivity index (χ4n) is 2.32. The Morgan fingerprint density at radius 3 is 2.75 bits per heavy atom. The van der Waals surface area contributed by atoms with E-state index in [1.807, 2.05) is 25.1 Å². The molecule has 1 N–H and O–H groups in total. The number of hydrogen-bond acceptors (Lipinski definition) is 3. The van der Waals surface area contributed by atoms with Gasteiger partial charge < -0.3 is 14.6 Å². The van der Waals surface area contributed by atoms with Gasteiger partial charge in [-0.2, -0.15) is 0 Å². The number of halogens is 1. The molecule has 3 rings (SSSR count). The topological polar surface area (TPSA) is 38.7 Å². The van der Waals surface area contributed by atoms with Crippen LogP contribution in [0.1, 0.15) is 17.2 Å². The zero-order valence-electron chi connectivity index (χ0n) is 11.0. The van der Waals surface area contributed by atoms with E-state index in [2.05, 4.69) is 0 Å². The van der Waals surface area contributed by atoms with E-state index >= 15 is 0 Å². The van der Waals surface area contributed by atoms with Gasteiger partial charge in [-0.3, -0.25) is 0 Å². The highest BCUT2D eigenvalue weighted by Gasteiger charge is 2.29. The highest BCUT2D eigenvalue weighted by atomic mass is 19.1. The molecule has 0 amide bonds. The Hall–Kier alpha value is -2.07. The van der Waals surface area contributed by atoms with Crippen molar-refractivity contribution in [3.8, 4) is 11.5 Å². The highest BCUT2D eigenvalue weighted by Crippen LogP contribution is 2.35. The zero-order valence-corrected chi connectivity index (χ0v) is 11.0. The summed E-state index contributed by atoms with van der Waals surface area (Å²) >= 11 is 0. The zero-order chi connectivity index (χ0) is 14.1. The Bertz CT molecular complexity index is 627. The second-order valence-electron chi connectivity index (χ2n) is 4.86. The predicted octanol–water partition coefficient (Wildman–Crippen LogP) is 3.01. The molecular weight excluding hydrogens is 259 g/mol. The number of benzene rings is 2. The third kappa shape index (κ3) is 2.34. The summed E-state index contributed by atoms with van der Waals surface area (Å²) in [6.07, 6.45) is -1.48. The molecule has 1 aliphatic heterocycles. The van der Waals surface area contributed by atoms with Crippen LogP contribution in [0.5, 0.6) is 11.5 Å². The smallest absolute Gasteiger partial charge is 0.163 e. The van der Waals surface area contributed by atoms with Crippen molar-refractivity contribution in [1.82, 2.24) is 0 Å². The van der Waals surface area contributed by atoms with E-state index in [1.165, 1.54) is 12.1 Å². The Kier molecular flexibility index (Phi) is 3.32. The molecule has 0 fully saturated rings. The van der Waals surface area contributed by atoms with Gasteiger partial charge in [0.2, 0.25) is 0 Å². The van der Waals surface area contributed by atoms with Crippen molar-refractivity contribution in [2.75, 3.05) is 6.61 Å². The van der Waals surface area contributed by atoms with E-state index < -0.39 is 12.2 Å². The average molecular weight is 274 g/mol. The van der Waals surface area contributed by atoms with E-state index in [-0.39, 0.29) is 12.4 Å². The molecule has 3 nitrogen and oxygen atoms in total. The lowest BCUT2D eigenvalue weighted by Crippen LogP contribution is -2.35. The maximum atomic E-state index is 13.3. The molecule has 104 valence electrons. The number of ether oxygens (including phenoxy) is 2. The van der Waals surface area contributed by atoms with Crippen LogP contribution >= 0.6 is 0 Å². The van der Waals surface area contributed by atoms with E-state index in [0.29, 0.717) is 17.1 Å². The van der Waals surface area contributed by atoms with Crippen molar-refractivity contribution in [3.63, 3.8) is 0 Å². The fraction of sp³-hybridized carbons (Fsp3) is 0.250. The van der Waals surface area contributed by atoms with Gasteiger partial charge in [-0.25, -0.2) is 4.39 Å². The first kappa shape index (κ1) is 12.9. The molecule has 2 aromatic rings. The molecule has 1 aliphatic rings. The van der Waals surface area contributed by atoms with Gasteiger partial charge in [0.1, 0.15) is 18.5 Å². The lowest BCUT2D eigenvalue weighted by atomic mass is 9.99. The largest absolute Gasteiger partial charge is 0.486 e. The number of para-hydroxylation sites is 2. The fourth-order valence-corrected chi connectivity index (χ4v) is 2.32. The van der Waals surface area contributed by atoms with E-state index in [9.17, 15) is 9.50 Å². The first-order valence-electron chi connectivity index (χ1n) is 6.48. The molecule has 0 bridgehead atoms. The van der Waals surface area contributed by atoms with E-state index in [0.717, 1.165) is 5.56 Å². The minimum absolute atomic E-state index is 0.230. The number of fused-ring (bicyclic) bond motifs is 1. The molecule has 0 aromatic heterocycles. The molecule has 0 saturated carbocycles. The van der Waals surface area contributed by atoms with Crippen molar-refractivity contribution in [1.29, 1.82) is 0 Å². The number of aryl methyl sites for hydroxylation is 1. The van der Waals surface area contributed by atoms with Crippen molar-refractivity contribution >= 4 is 0 Å².